The van der Waals surface area contributed by atoms with Crippen LogP contribution >= 0.6 is 24.0 Å². The van der Waals surface area contributed by atoms with Crippen molar-refractivity contribution in [2.45, 2.75) is 26.1 Å². The molecule has 1 aliphatic heterocycles. The van der Waals surface area contributed by atoms with E-state index in [1.54, 1.807) is 20.4 Å². The van der Waals surface area contributed by atoms with Crippen LogP contribution in [0.1, 0.15) is 22.3 Å². The molecular weight excluding hydrogens is 517 g/mol. The number of hydrogen-bond donors (Lipinski definition) is 1. The van der Waals surface area contributed by atoms with Crippen LogP contribution in [0.4, 0.5) is 0 Å². The summed E-state index contributed by atoms with van der Waals surface area (Å²) in [5, 5.41) is 7.81. The van der Waals surface area contributed by atoms with Gasteiger partial charge in [-0.15, -0.1) is 24.0 Å². The molecule has 0 amide bonds. The molecule has 0 spiro atoms. The van der Waals surface area contributed by atoms with Crippen LogP contribution in [0.3, 0.4) is 0 Å². The molecule has 0 saturated heterocycles. The molecule has 0 aliphatic carbocycles. The minimum atomic E-state index is 0. The smallest absolute Gasteiger partial charge is 0.194 e. The Hall–Kier alpha value is -2.75. The fourth-order valence-electron chi connectivity index (χ4n) is 4.00. The van der Waals surface area contributed by atoms with Crippen LogP contribution in [0.2, 0.25) is 0 Å². The van der Waals surface area contributed by atoms with E-state index in [9.17, 15) is 0 Å². The molecule has 4 rings (SSSR count). The Morgan fingerprint density at radius 2 is 1.81 bits per heavy atom. The molecular formula is C24H30IN5O2. The summed E-state index contributed by atoms with van der Waals surface area (Å²) in [5.74, 6) is 2.45. The fraction of sp³-hybridized carbons (Fsp3) is 0.333. The number of nitrogens with zero attached hydrogens (tertiary/aromatic N) is 4. The molecule has 0 bridgehead atoms. The number of aliphatic imine (C=N–C) groups is 1. The minimum absolute atomic E-state index is 0. The predicted octanol–water partition coefficient (Wildman–Crippen LogP) is 3.70. The number of halogens is 1. The number of ether oxygens (including phenoxy) is 2. The third-order valence-corrected chi connectivity index (χ3v) is 5.58. The van der Waals surface area contributed by atoms with Crippen LogP contribution in [-0.4, -0.2) is 48.5 Å². The molecule has 7 nitrogen and oxygen atoms in total. The van der Waals surface area contributed by atoms with Crippen molar-refractivity contribution in [3.8, 4) is 11.5 Å². The van der Waals surface area contributed by atoms with Crippen molar-refractivity contribution in [1.29, 1.82) is 0 Å². The van der Waals surface area contributed by atoms with Gasteiger partial charge in [0.2, 0.25) is 0 Å². The second-order valence-corrected chi connectivity index (χ2v) is 7.57. The van der Waals surface area contributed by atoms with Gasteiger partial charge in [-0.05, 0) is 46.9 Å². The van der Waals surface area contributed by atoms with Gasteiger partial charge in [-0.3, -0.25) is 9.67 Å². The molecule has 0 saturated carbocycles. The normalized spacial score (nSPS) is 13.2. The zero-order valence-electron chi connectivity index (χ0n) is 18.7. The van der Waals surface area contributed by atoms with Gasteiger partial charge in [-0.25, -0.2) is 0 Å². The Kier molecular flexibility index (Phi) is 8.38. The molecule has 0 radical (unpaired) electrons. The highest BCUT2D eigenvalue weighted by atomic mass is 127. The van der Waals surface area contributed by atoms with E-state index in [0.29, 0.717) is 0 Å². The Morgan fingerprint density at radius 3 is 2.50 bits per heavy atom. The lowest BCUT2D eigenvalue weighted by Crippen LogP contribution is -2.43. The largest absolute Gasteiger partial charge is 0.493 e. The highest BCUT2D eigenvalue weighted by Gasteiger charge is 2.21. The zero-order valence-corrected chi connectivity index (χ0v) is 21.1. The van der Waals surface area contributed by atoms with Crippen molar-refractivity contribution in [1.82, 2.24) is 20.0 Å². The second kappa shape index (κ2) is 11.2. The molecule has 8 heteroatoms. The van der Waals surface area contributed by atoms with Crippen molar-refractivity contribution in [3.63, 3.8) is 0 Å². The Bertz CT molecular complexity index is 1050. The summed E-state index contributed by atoms with van der Waals surface area (Å²) in [6, 6.07) is 14.7. The lowest BCUT2D eigenvalue weighted by atomic mass is 9.99. The third kappa shape index (κ3) is 5.53. The molecule has 1 N–H and O–H groups in total. The van der Waals surface area contributed by atoms with Gasteiger partial charge >= 0.3 is 0 Å². The predicted molar refractivity (Wildman–Crippen MR) is 137 cm³/mol. The van der Waals surface area contributed by atoms with Crippen LogP contribution in [0.25, 0.3) is 0 Å². The number of benzene rings is 2. The Morgan fingerprint density at radius 1 is 1.06 bits per heavy atom. The second-order valence-electron chi connectivity index (χ2n) is 7.57. The molecule has 0 fully saturated rings. The van der Waals surface area contributed by atoms with Crippen LogP contribution in [0.15, 0.2) is 59.9 Å². The van der Waals surface area contributed by atoms with E-state index in [0.717, 1.165) is 50.1 Å². The summed E-state index contributed by atoms with van der Waals surface area (Å²) >= 11 is 0. The molecule has 0 atom stereocenters. The SMILES string of the molecule is CN=C(NCc1cccc(Cn2cccn2)c1)N1CCc2cc(OC)c(OC)cc2C1.I. The number of guanidine groups is 1. The Labute approximate surface area is 206 Å². The summed E-state index contributed by atoms with van der Waals surface area (Å²) in [4.78, 5) is 6.80. The first-order valence-corrected chi connectivity index (χ1v) is 10.4. The number of fused-ring (bicyclic) bond motifs is 1. The van der Waals surface area contributed by atoms with E-state index in [1.807, 2.05) is 24.0 Å². The van der Waals surface area contributed by atoms with E-state index < -0.39 is 0 Å². The third-order valence-electron chi connectivity index (χ3n) is 5.58. The maximum absolute atomic E-state index is 5.48. The summed E-state index contributed by atoms with van der Waals surface area (Å²) < 4.78 is 12.9. The molecule has 2 aromatic carbocycles. The molecule has 32 heavy (non-hydrogen) atoms. The fourth-order valence-corrected chi connectivity index (χ4v) is 4.00. The molecule has 170 valence electrons. The van der Waals surface area contributed by atoms with Gasteiger partial charge in [-0.1, -0.05) is 24.3 Å². The number of methoxy groups -OCH3 is 2. The molecule has 1 aliphatic rings. The first kappa shape index (κ1) is 23.9. The van der Waals surface area contributed by atoms with E-state index in [4.69, 9.17) is 9.47 Å². The molecule has 1 aromatic heterocycles. The molecule has 3 aromatic rings. The maximum atomic E-state index is 5.48. The number of nitrogens with one attached hydrogen (secondary N) is 1. The van der Waals surface area contributed by atoms with Gasteiger partial charge in [0.15, 0.2) is 17.5 Å². The van der Waals surface area contributed by atoms with E-state index in [1.165, 1.54) is 22.3 Å². The van der Waals surface area contributed by atoms with Crippen molar-refractivity contribution in [2.24, 2.45) is 4.99 Å². The first-order valence-electron chi connectivity index (χ1n) is 10.4. The summed E-state index contributed by atoms with van der Waals surface area (Å²) in [7, 11) is 5.18. The number of hydrogen-bond acceptors (Lipinski definition) is 4. The van der Waals surface area contributed by atoms with Gasteiger partial charge in [-0.2, -0.15) is 5.10 Å². The van der Waals surface area contributed by atoms with Crippen molar-refractivity contribution in [2.75, 3.05) is 27.8 Å². The molecule has 0 unspecified atom stereocenters. The van der Waals surface area contributed by atoms with Crippen LogP contribution in [-0.2, 0) is 26.1 Å². The highest BCUT2D eigenvalue weighted by Crippen LogP contribution is 2.33. The topological polar surface area (TPSA) is 63.9 Å². The van der Waals surface area contributed by atoms with Crippen molar-refractivity contribution >= 4 is 29.9 Å². The van der Waals surface area contributed by atoms with Gasteiger partial charge in [0, 0.05) is 39.1 Å². The van der Waals surface area contributed by atoms with Gasteiger partial charge in [0.25, 0.3) is 0 Å². The summed E-state index contributed by atoms with van der Waals surface area (Å²) in [5.41, 5.74) is 4.99. The standard InChI is InChI=1S/C24H29N5O2.HI/c1-25-24(26-15-18-6-4-7-19(12-18)16-29-10-5-9-27-29)28-11-8-20-13-22(30-2)23(31-3)14-21(20)17-28;/h4-7,9-10,12-14H,8,11,15-17H2,1-3H3,(H,25,26);1H. The van der Waals surface area contributed by atoms with E-state index in [2.05, 4.69) is 56.7 Å². The molecule has 2 heterocycles. The maximum Gasteiger partial charge on any atom is 0.194 e. The highest BCUT2D eigenvalue weighted by molar-refractivity contribution is 14.0. The summed E-state index contributed by atoms with van der Waals surface area (Å²) in [6.07, 6.45) is 4.72. The first-order chi connectivity index (χ1) is 15.2. The number of rotatable bonds is 6. The van der Waals surface area contributed by atoms with Crippen LogP contribution in [0, 0.1) is 0 Å². The zero-order chi connectivity index (χ0) is 21.6. The van der Waals surface area contributed by atoms with Crippen LogP contribution in [0.5, 0.6) is 11.5 Å². The van der Waals surface area contributed by atoms with Crippen molar-refractivity contribution in [3.05, 3.63) is 77.1 Å². The summed E-state index contributed by atoms with van der Waals surface area (Å²) in [6.45, 7) is 3.18. The lowest BCUT2D eigenvalue weighted by Gasteiger charge is -2.32. The van der Waals surface area contributed by atoms with Gasteiger partial charge in [0.05, 0.1) is 20.8 Å². The van der Waals surface area contributed by atoms with Crippen LogP contribution < -0.4 is 14.8 Å². The van der Waals surface area contributed by atoms with Gasteiger partial charge in [0.1, 0.15) is 0 Å². The minimum Gasteiger partial charge on any atom is -0.493 e. The monoisotopic (exact) mass is 547 g/mol. The average molecular weight is 547 g/mol. The lowest BCUT2D eigenvalue weighted by molar-refractivity contribution is 0.346. The number of aromatic nitrogens is 2. The van der Waals surface area contributed by atoms with Crippen molar-refractivity contribution < 1.29 is 9.47 Å². The van der Waals surface area contributed by atoms with E-state index >= 15 is 0 Å². The van der Waals surface area contributed by atoms with Gasteiger partial charge < -0.3 is 19.7 Å². The Balaban J connectivity index is 0.00000289. The average Bonchev–Trinajstić information content (AvgIpc) is 3.31. The van der Waals surface area contributed by atoms with E-state index in [-0.39, 0.29) is 24.0 Å². The quantitative estimate of drug-likeness (QED) is 0.290.